The molecule has 1 aliphatic rings. The first-order valence-electron chi connectivity index (χ1n) is 9.08. The number of anilines is 1. The van der Waals surface area contributed by atoms with Crippen LogP contribution in [0.25, 0.3) is 0 Å². The first kappa shape index (κ1) is 21.2. The summed E-state index contributed by atoms with van der Waals surface area (Å²) >= 11 is 0. The predicted molar refractivity (Wildman–Crippen MR) is 106 cm³/mol. The minimum atomic E-state index is -3.67. The van der Waals surface area contributed by atoms with Gasteiger partial charge in [0.05, 0.1) is 36.6 Å². The molecule has 1 amide bonds. The van der Waals surface area contributed by atoms with Crippen LogP contribution in [-0.2, 0) is 19.5 Å². The van der Waals surface area contributed by atoms with Gasteiger partial charge in [-0.3, -0.25) is 4.79 Å². The molecule has 9 nitrogen and oxygen atoms in total. The molecule has 10 heteroatoms. The van der Waals surface area contributed by atoms with Crippen molar-refractivity contribution >= 4 is 21.6 Å². The van der Waals surface area contributed by atoms with E-state index in [1.807, 2.05) is 0 Å². The number of nitrogens with zero attached hydrogens (tertiary/aromatic N) is 2. The molecule has 29 heavy (non-hydrogen) atoms. The summed E-state index contributed by atoms with van der Waals surface area (Å²) in [6.07, 6.45) is 1.47. The fraction of sp³-hybridized carbons (Fsp3) is 0.368. The number of hydrogen-bond donors (Lipinski definition) is 1. The quantitative estimate of drug-likeness (QED) is 0.642. The Morgan fingerprint density at radius 3 is 2.69 bits per heavy atom. The van der Waals surface area contributed by atoms with Gasteiger partial charge in [0.15, 0.2) is 0 Å². The Balaban J connectivity index is 1.68. The monoisotopic (exact) mass is 421 g/mol. The number of nitrogens with one attached hydrogen (secondary N) is 1. The van der Waals surface area contributed by atoms with Crippen molar-refractivity contribution in [3.63, 3.8) is 0 Å². The SMILES string of the molecule is COCCOc1ccc(NC(=O)c2cccc(S(=O)(=O)N3CCOCC3)c2)cn1. The van der Waals surface area contributed by atoms with Crippen LogP contribution < -0.4 is 10.1 Å². The molecule has 0 atom stereocenters. The molecule has 1 aromatic carbocycles. The standard InChI is InChI=1S/C19H23N3O6S/c1-26-11-12-28-18-6-5-16(14-20-18)21-19(23)15-3-2-4-17(13-15)29(24,25)22-7-9-27-10-8-22/h2-6,13-14H,7-12H2,1H3,(H,21,23). The third kappa shape index (κ3) is 5.51. The summed E-state index contributed by atoms with van der Waals surface area (Å²) in [5.74, 6) is -0.0162. The van der Waals surface area contributed by atoms with Gasteiger partial charge in [-0.15, -0.1) is 0 Å². The Hall–Kier alpha value is -2.53. The van der Waals surface area contributed by atoms with Gasteiger partial charge < -0.3 is 19.5 Å². The van der Waals surface area contributed by atoms with Gasteiger partial charge >= 0.3 is 0 Å². The molecule has 2 aromatic rings. The van der Waals surface area contributed by atoms with Crippen molar-refractivity contribution in [3.8, 4) is 5.88 Å². The third-order valence-corrected chi connectivity index (χ3v) is 6.13. The molecule has 1 aliphatic heterocycles. The molecule has 0 aliphatic carbocycles. The van der Waals surface area contributed by atoms with Gasteiger partial charge in [0, 0.05) is 31.8 Å². The second-order valence-electron chi connectivity index (χ2n) is 6.22. The zero-order valence-corrected chi connectivity index (χ0v) is 16.9. The van der Waals surface area contributed by atoms with E-state index in [1.165, 1.54) is 22.6 Å². The number of methoxy groups -OCH3 is 1. The van der Waals surface area contributed by atoms with Crippen molar-refractivity contribution in [3.05, 3.63) is 48.2 Å². The van der Waals surface area contributed by atoms with E-state index in [4.69, 9.17) is 14.2 Å². The minimum Gasteiger partial charge on any atom is -0.475 e. The first-order chi connectivity index (χ1) is 14.0. The van der Waals surface area contributed by atoms with E-state index in [0.29, 0.717) is 51.1 Å². The van der Waals surface area contributed by atoms with Crippen LogP contribution in [0.4, 0.5) is 5.69 Å². The fourth-order valence-electron chi connectivity index (χ4n) is 2.71. The van der Waals surface area contributed by atoms with Gasteiger partial charge in [0.25, 0.3) is 5.91 Å². The van der Waals surface area contributed by atoms with Crippen LogP contribution in [0.5, 0.6) is 5.88 Å². The lowest BCUT2D eigenvalue weighted by Gasteiger charge is -2.26. The number of carbonyl (C=O) groups is 1. The smallest absolute Gasteiger partial charge is 0.255 e. The number of hydrogen-bond acceptors (Lipinski definition) is 7. The van der Waals surface area contributed by atoms with Crippen molar-refractivity contribution in [1.29, 1.82) is 0 Å². The Morgan fingerprint density at radius 1 is 1.21 bits per heavy atom. The molecule has 0 saturated carbocycles. The lowest BCUT2D eigenvalue weighted by Crippen LogP contribution is -2.40. The Kier molecular flexibility index (Phi) is 7.15. The number of pyridine rings is 1. The second-order valence-corrected chi connectivity index (χ2v) is 8.16. The Labute approximate surface area is 169 Å². The molecule has 2 heterocycles. The lowest BCUT2D eigenvalue weighted by atomic mass is 10.2. The van der Waals surface area contributed by atoms with Crippen LogP contribution in [0.3, 0.4) is 0 Å². The normalized spacial score (nSPS) is 15.1. The summed E-state index contributed by atoms with van der Waals surface area (Å²) in [5, 5.41) is 2.70. The molecule has 1 N–H and O–H groups in total. The molecule has 0 unspecified atom stereocenters. The van der Waals surface area contributed by atoms with Gasteiger partial charge in [-0.25, -0.2) is 13.4 Å². The summed E-state index contributed by atoms with van der Waals surface area (Å²) in [4.78, 5) is 16.7. The van der Waals surface area contributed by atoms with Crippen LogP contribution in [0, 0.1) is 0 Å². The molecule has 3 rings (SSSR count). The van der Waals surface area contributed by atoms with Crippen LogP contribution in [0.15, 0.2) is 47.5 Å². The van der Waals surface area contributed by atoms with Crippen LogP contribution >= 0.6 is 0 Å². The highest BCUT2D eigenvalue weighted by Crippen LogP contribution is 2.19. The van der Waals surface area contributed by atoms with Crippen LogP contribution in [-0.4, -0.2) is 70.2 Å². The molecular weight excluding hydrogens is 398 g/mol. The largest absolute Gasteiger partial charge is 0.475 e. The number of amides is 1. The van der Waals surface area contributed by atoms with Gasteiger partial charge in [-0.1, -0.05) is 6.07 Å². The second kappa shape index (κ2) is 9.79. The Morgan fingerprint density at radius 2 is 2.00 bits per heavy atom. The average molecular weight is 421 g/mol. The summed E-state index contributed by atoms with van der Waals surface area (Å²) < 4.78 is 42.4. The van der Waals surface area contributed by atoms with E-state index in [9.17, 15) is 13.2 Å². The van der Waals surface area contributed by atoms with Crippen molar-refractivity contribution in [1.82, 2.24) is 9.29 Å². The number of sulfonamides is 1. The van der Waals surface area contributed by atoms with Crippen molar-refractivity contribution < 1.29 is 27.4 Å². The topological polar surface area (TPSA) is 107 Å². The van der Waals surface area contributed by atoms with E-state index in [-0.39, 0.29) is 10.5 Å². The maximum absolute atomic E-state index is 12.8. The summed E-state index contributed by atoms with van der Waals surface area (Å²) in [7, 11) is -2.09. The van der Waals surface area contributed by atoms with Crippen LogP contribution in [0.2, 0.25) is 0 Å². The maximum atomic E-state index is 12.8. The molecule has 156 valence electrons. The van der Waals surface area contributed by atoms with E-state index in [1.54, 1.807) is 31.4 Å². The molecule has 0 bridgehead atoms. The number of rotatable bonds is 8. The highest BCUT2D eigenvalue weighted by molar-refractivity contribution is 7.89. The highest BCUT2D eigenvalue weighted by Gasteiger charge is 2.26. The van der Waals surface area contributed by atoms with Crippen LogP contribution in [0.1, 0.15) is 10.4 Å². The van der Waals surface area contributed by atoms with Gasteiger partial charge in [0.1, 0.15) is 6.61 Å². The summed E-state index contributed by atoms with van der Waals surface area (Å²) in [6.45, 7) is 2.13. The average Bonchev–Trinajstić information content (AvgIpc) is 2.76. The van der Waals surface area contributed by atoms with E-state index < -0.39 is 15.9 Å². The van der Waals surface area contributed by atoms with Crippen molar-refractivity contribution in [2.75, 3.05) is 51.9 Å². The minimum absolute atomic E-state index is 0.0760. The molecular formula is C19H23N3O6S. The molecule has 1 aromatic heterocycles. The van der Waals surface area contributed by atoms with Crippen molar-refractivity contribution in [2.45, 2.75) is 4.90 Å². The number of aromatic nitrogens is 1. The first-order valence-corrected chi connectivity index (χ1v) is 10.5. The number of carbonyl (C=O) groups excluding carboxylic acids is 1. The predicted octanol–water partition coefficient (Wildman–Crippen LogP) is 1.38. The zero-order chi connectivity index (χ0) is 20.7. The van der Waals surface area contributed by atoms with Crippen molar-refractivity contribution in [2.24, 2.45) is 0 Å². The van der Waals surface area contributed by atoms with Gasteiger partial charge in [-0.05, 0) is 24.3 Å². The molecule has 0 spiro atoms. The summed E-state index contributed by atoms with van der Waals surface area (Å²) in [6, 6.07) is 9.24. The lowest BCUT2D eigenvalue weighted by molar-refractivity contribution is 0.0730. The highest BCUT2D eigenvalue weighted by atomic mass is 32.2. The molecule has 1 saturated heterocycles. The van der Waals surface area contributed by atoms with Gasteiger partial charge in [-0.2, -0.15) is 4.31 Å². The third-order valence-electron chi connectivity index (χ3n) is 4.24. The fourth-order valence-corrected chi connectivity index (χ4v) is 4.16. The van der Waals surface area contributed by atoms with E-state index in [2.05, 4.69) is 10.3 Å². The Bertz CT molecular complexity index is 927. The zero-order valence-electron chi connectivity index (χ0n) is 16.0. The molecule has 0 radical (unpaired) electrons. The van der Waals surface area contributed by atoms with Gasteiger partial charge in [0.2, 0.25) is 15.9 Å². The number of morpholine rings is 1. The summed E-state index contributed by atoms with van der Waals surface area (Å²) in [5.41, 5.74) is 0.704. The molecule has 1 fully saturated rings. The number of ether oxygens (including phenoxy) is 3. The number of benzene rings is 1. The van der Waals surface area contributed by atoms with E-state index in [0.717, 1.165) is 0 Å². The van der Waals surface area contributed by atoms with E-state index >= 15 is 0 Å². The maximum Gasteiger partial charge on any atom is 0.255 e.